The van der Waals surface area contributed by atoms with Crippen molar-refractivity contribution in [2.45, 2.75) is 39.3 Å². The van der Waals surface area contributed by atoms with Crippen LogP contribution in [0.25, 0.3) is 0 Å². The summed E-state index contributed by atoms with van der Waals surface area (Å²) in [7, 11) is 0. The molecule has 0 unspecified atom stereocenters. The van der Waals surface area contributed by atoms with Gasteiger partial charge in [0, 0.05) is 37.0 Å². The number of carbonyl (C=O) groups is 2. The number of benzene rings is 1. The molecule has 1 aromatic carbocycles. The predicted octanol–water partition coefficient (Wildman–Crippen LogP) is 3.65. The third kappa shape index (κ3) is 6.88. The second-order valence-corrected chi connectivity index (χ2v) is 9.64. The van der Waals surface area contributed by atoms with Crippen molar-refractivity contribution in [2.24, 2.45) is 11.8 Å². The molecule has 0 bridgehead atoms. The lowest BCUT2D eigenvalue weighted by Crippen LogP contribution is -2.40. The summed E-state index contributed by atoms with van der Waals surface area (Å²) in [6.07, 6.45) is 3.14. The molecule has 1 heterocycles. The lowest BCUT2D eigenvalue weighted by molar-refractivity contribution is -0.109. The number of rotatable bonds is 10. The molecular weight excluding hydrogens is 432 g/mol. The molecule has 6 nitrogen and oxygen atoms in total. The molecule has 0 saturated carbocycles. The molecule has 0 aliphatic heterocycles. The van der Waals surface area contributed by atoms with Gasteiger partial charge in [0.05, 0.1) is 6.54 Å². The minimum Gasteiger partial charge on any atom is -0.383 e. The van der Waals surface area contributed by atoms with Gasteiger partial charge in [-0.3, -0.25) is 9.59 Å². The molecule has 0 saturated heterocycles. The average molecular weight is 458 g/mol. The molecule has 2 rings (SSSR count). The number of carbonyl (C=O) groups excluding carboxylic acids is 2. The number of thioether (sulfide) groups is 2. The van der Waals surface area contributed by atoms with Gasteiger partial charge in [0.2, 0.25) is 0 Å². The standard InChI is InChI=1S/C20H25F2N3O3S2/c1-13(6-16(8-29-14(2)26)9-30-15(3)27)20(28,10-25-12-23-11-24-25)18-5-4-17(21)7-19(18)22/h4-5,7,11-13,16,28H,6,8-10H2,1-3H3/t13-,20+/m0/s1. The van der Waals surface area contributed by atoms with Crippen molar-refractivity contribution in [3.8, 4) is 0 Å². The van der Waals surface area contributed by atoms with E-state index in [0.717, 1.165) is 35.7 Å². The summed E-state index contributed by atoms with van der Waals surface area (Å²) in [5.41, 5.74) is -1.74. The Labute approximate surface area is 182 Å². The third-order valence-electron chi connectivity index (χ3n) is 4.81. The van der Waals surface area contributed by atoms with Crippen molar-refractivity contribution in [1.29, 1.82) is 0 Å². The zero-order valence-electron chi connectivity index (χ0n) is 17.0. The molecular formula is C20H25F2N3O3S2. The van der Waals surface area contributed by atoms with Crippen molar-refractivity contribution in [1.82, 2.24) is 14.8 Å². The molecule has 30 heavy (non-hydrogen) atoms. The van der Waals surface area contributed by atoms with E-state index in [1.165, 1.54) is 37.3 Å². The summed E-state index contributed by atoms with van der Waals surface area (Å²) in [4.78, 5) is 26.7. The van der Waals surface area contributed by atoms with Crippen LogP contribution in [0, 0.1) is 23.5 Å². The summed E-state index contributed by atoms with van der Waals surface area (Å²) < 4.78 is 29.5. The molecule has 0 aliphatic carbocycles. The highest BCUT2D eigenvalue weighted by atomic mass is 32.2. The van der Waals surface area contributed by atoms with Gasteiger partial charge >= 0.3 is 0 Å². The Morgan fingerprint density at radius 1 is 1.20 bits per heavy atom. The lowest BCUT2D eigenvalue weighted by atomic mass is 9.77. The Morgan fingerprint density at radius 2 is 1.83 bits per heavy atom. The topological polar surface area (TPSA) is 85.1 Å². The van der Waals surface area contributed by atoms with E-state index in [2.05, 4.69) is 10.1 Å². The molecule has 2 aromatic rings. The molecule has 0 aliphatic rings. The Bertz CT molecular complexity index is 849. The summed E-state index contributed by atoms with van der Waals surface area (Å²) in [5.74, 6) is -1.20. The molecule has 0 fully saturated rings. The molecule has 164 valence electrons. The fourth-order valence-electron chi connectivity index (χ4n) is 3.26. The van der Waals surface area contributed by atoms with Crippen LogP contribution in [0.5, 0.6) is 0 Å². The first kappa shape index (κ1) is 24.5. The number of aliphatic hydroxyl groups is 1. The van der Waals surface area contributed by atoms with Crippen LogP contribution in [-0.4, -0.2) is 41.6 Å². The maximum atomic E-state index is 14.6. The fraction of sp³-hybridized carbons (Fsp3) is 0.500. The van der Waals surface area contributed by atoms with Gasteiger partial charge in [0.15, 0.2) is 10.2 Å². The Hall–Kier alpha value is -1.78. The monoisotopic (exact) mass is 457 g/mol. The number of aromatic nitrogens is 3. The molecule has 0 amide bonds. The van der Waals surface area contributed by atoms with Gasteiger partial charge in [-0.2, -0.15) is 5.10 Å². The minimum atomic E-state index is -1.70. The smallest absolute Gasteiger partial charge is 0.185 e. The van der Waals surface area contributed by atoms with E-state index < -0.39 is 23.2 Å². The van der Waals surface area contributed by atoms with Crippen LogP contribution < -0.4 is 0 Å². The van der Waals surface area contributed by atoms with E-state index >= 15 is 0 Å². The van der Waals surface area contributed by atoms with E-state index in [0.29, 0.717) is 17.9 Å². The highest BCUT2D eigenvalue weighted by Crippen LogP contribution is 2.38. The van der Waals surface area contributed by atoms with Gasteiger partial charge in [0.25, 0.3) is 0 Å². The third-order valence-corrected chi connectivity index (χ3v) is 6.90. The first-order valence-electron chi connectivity index (χ1n) is 9.39. The summed E-state index contributed by atoms with van der Waals surface area (Å²) in [6.45, 7) is 4.63. The normalized spacial score (nSPS) is 14.5. The van der Waals surface area contributed by atoms with Crippen molar-refractivity contribution >= 4 is 33.8 Å². The van der Waals surface area contributed by atoms with Crippen molar-refractivity contribution in [2.75, 3.05) is 11.5 Å². The van der Waals surface area contributed by atoms with Crippen LogP contribution in [0.1, 0.15) is 32.8 Å². The highest BCUT2D eigenvalue weighted by Gasteiger charge is 2.40. The van der Waals surface area contributed by atoms with Crippen LogP contribution in [-0.2, 0) is 21.7 Å². The lowest BCUT2D eigenvalue weighted by Gasteiger charge is -2.36. The van der Waals surface area contributed by atoms with E-state index in [4.69, 9.17) is 0 Å². The number of hydrogen-bond acceptors (Lipinski definition) is 7. The summed E-state index contributed by atoms with van der Waals surface area (Å²) in [6, 6.07) is 3.08. The van der Waals surface area contributed by atoms with Gasteiger partial charge in [-0.1, -0.05) is 36.5 Å². The van der Waals surface area contributed by atoms with Gasteiger partial charge in [-0.25, -0.2) is 18.4 Å². The van der Waals surface area contributed by atoms with Gasteiger partial charge in [0.1, 0.15) is 29.9 Å². The van der Waals surface area contributed by atoms with E-state index in [-0.39, 0.29) is 28.3 Å². The van der Waals surface area contributed by atoms with Crippen LogP contribution >= 0.6 is 23.5 Å². The van der Waals surface area contributed by atoms with E-state index in [9.17, 15) is 23.5 Å². The fourth-order valence-corrected chi connectivity index (χ4v) is 4.86. The Morgan fingerprint density at radius 3 is 2.33 bits per heavy atom. The van der Waals surface area contributed by atoms with Crippen LogP contribution in [0.15, 0.2) is 30.9 Å². The van der Waals surface area contributed by atoms with Crippen molar-refractivity contribution in [3.05, 3.63) is 48.1 Å². The van der Waals surface area contributed by atoms with E-state index in [1.54, 1.807) is 6.92 Å². The average Bonchev–Trinajstić information content (AvgIpc) is 3.16. The zero-order valence-corrected chi connectivity index (χ0v) is 18.7. The highest BCUT2D eigenvalue weighted by molar-refractivity contribution is 8.14. The number of hydrogen-bond donors (Lipinski definition) is 1. The first-order valence-corrected chi connectivity index (χ1v) is 11.4. The van der Waals surface area contributed by atoms with Gasteiger partial charge in [-0.15, -0.1) is 0 Å². The molecule has 0 spiro atoms. The molecule has 0 radical (unpaired) electrons. The Balaban J connectivity index is 2.32. The molecule has 2 atom stereocenters. The van der Waals surface area contributed by atoms with Gasteiger partial charge in [-0.05, 0) is 24.3 Å². The van der Waals surface area contributed by atoms with Crippen LogP contribution in [0.2, 0.25) is 0 Å². The maximum absolute atomic E-state index is 14.6. The zero-order chi connectivity index (χ0) is 22.3. The quantitative estimate of drug-likeness (QED) is 0.583. The largest absolute Gasteiger partial charge is 0.383 e. The van der Waals surface area contributed by atoms with E-state index in [1.807, 2.05) is 0 Å². The number of nitrogens with zero attached hydrogens (tertiary/aromatic N) is 3. The first-order chi connectivity index (χ1) is 14.1. The molecule has 1 N–H and O–H groups in total. The summed E-state index contributed by atoms with van der Waals surface area (Å²) in [5, 5.41) is 15.5. The number of halogens is 2. The molecule has 1 aromatic heterocycles. The van der Waals surface area contributed by atoms with Gasteiger partial charge < -0.3 is 5.11 Å². The SMILES string of the molecule is CC(=O)SCC(CSC(C)=O)C[C@H](C)[C@](O)(Cn1cncn1)c1ccc(F)cc1F. The Kier molecular flexibility index (Phi) is 8.99. The maximum Gasteiger partial charge on any atom is 0.185 e. The summed E-state index contributed by atoms with van der Waals surface area (Å²) >= 11 is 2.31. The predicted molar refractivity (Wildman–Crippen MR) is 114 cm³/mol. The molecule has 10 heteroatoms. The van der Waals surface area contributed by atoms with Crippen molar-refractivity contribution < 1.29 is 23.5 Å². The minimum absolute atomic E-state index is 0.0379. The van der Waals surface area contributed by atoms with Crippen LogP contribution in [0.4, 0.5) is 8.78 Å². The second kappa shape index (κ2) is 11.0. The second-order valence-electron chi connectivity index (χ2n) is 7.25. The van der Waals surface area contributed by atoms with Crippen molar-refractivity contribution in [3.63, 3.8) is 0 Å². The van der Waals surface area contributed by atoms with Crippen LogP contribution in [0.3, 0.4) is 0 Å².